The first-order valence-corrected chi connectivity index (χ1v) is 6.85. The van der Waals surface area contributed by atoms with E-state index in [1.165, 1.54) is 18.2 Å². The molecule has 19 heavy (non-hydrogen) atoms. The number of aromatic hydroxyl groups is 2. The largest absolute Gasteiger partial charge is 0.504 e. The van der Waals surface area contributed by atoms with Gasteiger partial charge in [0.2, 0.25) is 0 Å². The summed E-state index contributed by atoms with van der Waals surface area (Å²) in [5.74, 6) is -1.07. The molecule has 3 N–H and O–H groups in total. The van der Waals surface area contributed by atoms with Crippen molar-refractivity contribution >= 4 is 17.2 Å². The first-order chi connectivity index (χ1) is 9.08. The molecule has 4 nitrogen and oxygen atoms in total. The molecule has 2 aromatic rings. The minimum atomic E-state index is -0.392. The van der Waals surface area contributed by atoms with Crippen LogP contribution in [0.3, 0.4) is 0 Å². The van der Waals surface area contributed by atoms with Crippen LogP contribution in [0, 0.1) is 0 Å². The van der Waals surface area contributed by atoms with Crippen molar-refractivity contribution in [2.45, 2.75) is 19.4 Å². The molecule has 1 unspecified atom stereocenters. The van der Waals surface area contributed by atoms with Crippen molar-refractivity contribution in [3.63, 3.8) is 0 Å². The normalized spacial score (nSPS) is 12.1. The lowest BCUT2D eigenvalue weighted by Gasteiger charge is -2.14. The lowest BCUT2D eigenvalue weighted by atomic mass is 10.1. The van der Waals surface area contributed by atoms with Crippen molar-refractivity contribution in [1.82, 2.24) is 5.32 Å². The van der Waals surface area contributed by atoms with Crippen LogP contribution in [0.2, 0.25) is 0 Å². The van der Waals surface area contributed by atoms with E-state index in [1.54, 1.807) is 11.3 Å². The van der Waals surface area contributed by atoms with Crippen LogP contribution < -0.4 is 5.32 Å². The van der Waals surface area contributed by atoms with E-state index < -0.39 is 5.91 Å². The third-order valence-electron chi connectivity index (χ3n) is 2.76. The number of phenols is 2. The van der Waals surface area contributed by atoms with E-state index in [2.05, 4.69) is 5.32 Å². The Hall–Kier alpha value is -2.01. The Labute approximate surface area is 115 Å². The van der Waals surface area contributed by atoms with Crippen molar-refractivity contribution < 1.29 is 15.0 Å². The SMILES string of the molecule is CC(Cc1ccsc1)NC(=O)c1cccc(O)c1O. The molecular weight excluding hydrogens is 262 g/mol. The molecule has 0 saturated heterocycles. The van der Waals surface area contributed by atoms with Crippen LogP contribution in [-0.4, -0.2) is 22.2 Å². The molecule has 1 aromatic carbocycles. The Morgan fingerprint density at radius 2 is 2.16 bits per heavy atom. The lowest BCUT2D eigenvalue weighted by molar-refractivity contribution is 0.0936. The van der Waals surface area contributed by atoms with Crippen LogP contribution in [0.1, 0.15) is 22.8 Å². The number of thiophene rings is 1. The smallest absolute Gasteiger partial charge is 0.255 e. The van der Waals surface area contributed by atoms with Gasteiger partial charge in [0.05, 0.1) is 5.56 Å². The quantitative estimate of drug-likeness (QED) is 0.752. The van der Waals surface area contributed by atoms with Crippen LogP contribution in [0.5, 0.6) is 11.5 Å². The summed E-state index contributed by atoms with van der Waals surface area (Å²) >= 11 is 1.62. The summed E-state index contributed by atoms with van der Waals surface area (Å²) in [5.41, 5.74) is 1.25. The molecule has 1 aromatic heterocycles. The fourth-order valence-electron chi connectivity index (χ4n) is 1.83. The molecule has 5 heteroatoms. The predicted molar refractivity (Wildman–Crippen MR) is 74.7 cm³/mol. The zero-order valence-corrected chi connectivity index (χ0v) is 11.3. The second kappa shape index (κ2) is 5.75. The second-order valence-corrected chi connectivity index (χ2v) is 5.16. The highest BCUT2D eigenvalue weighted by atomic mass is 32.1. The van der Waals surface area contributed by atoms with Gasteiger partial charge in [0, 0.05) is 6.04 Å². The molecule has 0 fully saturated rings. The molecule has 1 heterocycles. The molecule has 1 amide bonds. The Balaban J connectivity index is 2.02. The number of nitrogens with one attached hydrogen (secondary N) is 1. The molecule has 0 aliphatic rings. The Morgan fingerprint density at radius 1 is 1.37 bits per heavy atom. The van der Waals surface area contributed by atoms with E-state index in [4.69, 9.17) is 0 Å². The van der Waals surface area contributed by atoms with Gasteiger partial charge < -0.3 is 15.5 Å². The topological polar surface area (TPSA) is 69.6 Å². The summed E-state index contributed by atoms with van der Waals surface area (Å²) in [6.07, 6.45) is 0.731. The van der Waals surface area contributed by atoms with Gasteiger partial charge in [0.15, 0.2) is 11.5 Å². The second-order valence-electron chi connectivity index (χ2n) is 4.38. The average molecular weight is 277 g/mol. The summed E-state index contributed by atoms with van der Waals surface area (Å²) in [6.45, 7) is 1.90. The summed E-state index contributed by atoms with van der Waals surface area (Å²) in [7, 11) is 0. The highest BCUT2D eigenvalue weighted by Gasteiger charge is 2.16. The van der Waals surface area contributed by atoms with Gasteiger partial charge in [-0.25, -0.2) is 0 Å². The third kappa shape index (κ3) is 3.26. The predicted octanol–water partition coefficient (Wildman–Crippen LogP) is 2.52. The number of benzene rings is 1. The molecule has 0 aliphatic heterocycles. The molecular formula is C14H15NO3S. The highest BCUT2D eigenvalue weighted by molar-refractivity contribution is 7.07. The van der Waals surface area contributed by atoms with Gasteiger partial charge in [-0.1, -0.05) is 6.07 Å². The number of amides is 1. The van der Waals surface area contributed by atoms with E-state index in [9.17, 15) is 15.0 Å². The first-order valence-electron chi connectivity index (χ1n) is 5.91. The van der Waals surface area contributed by atoms with Gasteiger partial charge in [-0.2, -0.15) is 11.3 Å². The summed E-state index contributed by atoms with van der Waals surface area (Å²) in [5, 5.41) is 25.8. The highest BCUT2D eigenvalue weighted by Crippen LogP contribution is 2.28. The number of para-hydroxylation sites is 1. The van der Waals surface area contributed by atoms with E-state index in [0.717, 1.165) is 12.0 Å². The Bertz CT molecular complexity index is 566. The van der Waals surface area contributed by atoms with E-state index in [1.807, 2.05) is 23.8 Å². The van der Waals surface area contributed by atoms with Crippen molar-refractivity contribution in [3.05, 3.63) is 46.2 Å². The van der Waals surface area contributed by atoms with E-state index in [0.29, 0.717) is 0 Å². The molecule has 100 valence electrons. The van der Waals surface area contributed by atoms with E-state index in [-0.39, 0.29) is 23.1 Å². The molecule has 2 rings (SSSR count). The van der Waals surface area contributed by atoms with Gasteiger partial charge in [0.25, 0.3) is 5.91 Å². The van der Waals surface area contributed by atoms with Crippen molar-refractivity contribution in [2.24, 2.45) is 0 Å². The molecule has 0 radical (unpaired) electrons. The number of hydrogen-bond donors (Lipinski definition) is 3. The van der Waals surface area contributed by atoms with Crippen LogP contribution in [0.15, 0.2) is 35.0 Å². The maximum atomic E-state index is 12.0. The zero-order chi connectivity index (χ0) is 13.8. The summed E-state index contributed by atoms with van der Waals surface area (Å²) in [6, 6.07) is 6.29. The molecule has 0 spiro atoms. The van der Waals surface area contributed by atoms with Crippen molar-refractivity contribution in [1.29, 1.82) is 0 Å². The van der Waals surface area contributed by atoms with Crippen LogP contribution >= 0.6 is 11.3 Å². The van der Waals surface area contributed by atoms with Crippen molar-refractivity contribution in [3.8, 4) is 11.5 Å². The van der Waals surface area contributed by atoms with Gasteiger partial charge in [-0.15, -0.1) is 0 Å². The zero-order valence-electron chi connectivity index (χ0n) is 10.5. The average Bonchev–Trinajstić information content (AvgIpc) is 2.85. The van der Waals surface area contributed by atoms with Crippen molar-refractivity contribution in [2.75, 3.05) is 0 Å². The maximum Gasteiger partial charge on any atom is 0.255 e. The lowest BCUT2D eigenvalue weighted by Crippen LogP contribution is -2.34. The fourth-order valence-corrected chi connectivity index (χ4v) is 2.51. The standard InChI is InChI=1S/C14H15NO3S/c1-9(7-10-5-6-19-8-10)15-14(18)11-3-2-4-12(16)13(11)17/h2-6,8-9,16-17H,7H2,1H3,(H,15,18). The number of carbonyl (C=O) groups is 1. The molecule has 0 aliphatic carbocycles. The molecule has 0 saturated carbocycles. The van der Waals surface area contributed by atoms with Gasteiger partial charge >= 0.3 is 0 Å². The van der Waals surface area contributed by atoms with Crippen LogP contribution in [0.25, 0.3) is 0 Å². The monoisotopic (exact) mass is 277 g/mol. The van der Waals surface area contributed by atoms with Gasteiger partial charge in [-0.3, -0.25) is 4.79 Å². The number of carbonyl (C=O) groups excluding carboxylic acids is 1. The Morgan fingerprint density at radius 3 is 2.84 bits per heavy atom. The van der Waals surface area contributed by atoms with Crippen LogP contribution in [0.4, 0.5) is 0 Å². The van der Waals surface area contributed by atoms with Gasteiger partial charge in [0.1, 0.15) is 0 Å². The Kier molecular flexibility index (Phi) is 4.06. The number of rotatable bonds is 4. The molecule has 1 atom stereocenters. The first kappa shape index (κ1) is 13.4. The fraction of sp³-hybridized carbons (Fsp3) is 0.214. The molecule has 0 bridgehead atoms. The van der Waals surface area contributed by atoms with E-state index >= 15 is 0 Å². The minimum absolute atomic E-state index is 0.0520. The summed E-state index contributed by atoms with van der Waals surface area (Å²) < 4.78 is 0. The number of hydrogen-bond acceptors (Lipinski definition) is 4. The maximum absolute atomic E-state index is 12.0. The van der Waals surface area contributed by atoms with Crippen LogP contribution in [-0.2, 0) is 6.42 Å². The third-order valence-corrected chi connectivity index (χ3v) is 3.49. The van der Waals surface area contributed by atoms with Gasteiger partial charge in [-0.05, 0) is 47.9 Å². The minimum Gasteiger partial charge on any atom is -0.504 e. The number of phenolic OH excluding ortho intramolecular Hbond substituents is 2. The summed E-state index contributed by atoms with van der Waals surface area (Å²) in [4.78, 5) is 12.0.